The first-order valence-electron chi connectivity index (χ1n) is 6.47. The van der Waals surface area contributed by atoms with Crippen LogP contribution in [0.4, 0.5) is 0 Å². The van der Waals surface area contributed by atoms with Crippen molar-refractivity contribution < 1.29 is 0 Å². The number of rotatable bonds is 8. The first-order chi connectivity index (χ1) is 7.04. The van der Waals surface area contributed by atoms with Gasteiger partial charge in [0.1, 0.15) is 0 Å². The van der Waals surface area contributed by atoms with Crippen molar-refractivity contribution in [3.63, 3.8) is 0 Å². The van der Waals surface area contributed by atoms with Crippen molar-refractivity contribution in [2.75, 3.05) is 20.1 Å². The molecule has 0 amide bonds. The summed E-state index contributed by atoms with van der Waals surface area (Å²) in [5.41, 5.74) is 0. The van der Waals surface area contributed by atoms with E-state index in [1.165, 1.54) is 12.8 Å². The molecule has 0 aliphatic carbocycles. The second-order valence-electron chi connectivity index (χ2n) is 4.94. The monoisotopic (exact) mass is 214 g/mol. The average Bonchev–Trinajstić information content (AvgIpc) is 2.22. The Kier molecular flexibility index (Phi) is 8.07. The van der Waals surface area contributed by atoms with Crippen LogP contribution in [-0.4, -0.2) is 37.1 Å². The molecule has 0 aliphatic rings. The van der Waals surface area contributed by atoms with Crippen molar-refractivity contribution in [2.24, 2.45) is 5.92 Å². The molecule has 2 nitrogen and oxygen atoms in total. The van der Waals surface area contributed by atoms with Crippen LogP contribution >= 0.6 is 0 Å². The largest absolute Gasteiger partial charge is 0.315 e. The molecule has 0 rings (SSSR count). The minimum atomic E-state index is 0.659. The van der Waals surface area contributed by atoms with Gasteiger partial charge in [-0.1, -0.05) is 27.7 Å². The summed E-state index contributed by atoms with van der Waals surface area (Å²) in [4.78, 5) is 2.52. The molecule has 0 saturated heterocycles. The zero-order chi connectivity index (χ0) is 11.8. The zero-order valence-electron chi connectivity index (χ0n) is 11.5. The third-order valence-corrected chi connectivity index (χ3v) is 3.36. The highest BCUT2D eigenvalue weighted by Gasteiger charge is 2.21. The number of hydrogen-bond acceptors (Lipinski definition) is 2. The fourth-order valence-electron chi connectivity index (χ4n) is 1.89. The van der Waals surface area contributed by atoms with Gasteiger partial charge in [0.05, 0.1) is 0 Å². The fourth-order valence-corrected chi connectivity index (χ4v) is 1.89. The van der Waals surface area contributed by atoms with E-state index < -0.39 is 0 Å². The zero-order valence-corrected chi connectivity index (χ0v) is 11.5. The maximum absolute atomic E-state index is 3.53. The molecule has 0 fully saturated rings. The van der Waals surface area contributed by atoms with Gasteiger partial charge in [-0.15, -0.1) is 0 Å². The van der Waals surface area contributed by atoms with Crippen molar-refractivity contribution >= 4 is 0 Å². The molecule has 0 aromatic rings. The molecular weight excluding hydrogens is 184 g/mol. The Morgan fingerprint density at radius 3 is 2.13 bits per heavy atom. The molecule has 0 saturated carbocycles. The van der Waals surface area contributed by atoms with E-state index in [0.717, 1.165) is 13.1 Å². The minimum absolute atomic E-state index is 0.659. The third kappa shape index (κ3) is 5.53. The van der Waals surface area contributed by atoms with Crippen molar-refractivity contribution in [3.05, 3.63) is 0 Å². The molecule has 0 bridgehead atoms. The summed E-state index contributed by atoms with van der Waals surface area (Å²) in [5.74, 6) is 0.716. The first-order valence-corrected chi connectivity index (χ1v) is 6.47. The lowest BCUT2D eigenvalue weighted by Gasteiger charge is -2.35. The summed E-state index contributed by atoms with van der Waals surface area (Å²) < 4.78 is 0. The lowest BCUT2D eigenvalue weighted by molar-refractivity contribution is 0.139. The van der Waals surface area contributed by atoms with Crippen molar-refractivity contribution in [1.29, 1.82) is 0 Å². The fraction of sp³-hybridized carbons (Fsp3) is 1.00. The first kappa shape index (κ1) is 14.9. The standard InChI is InChI=1S/C13H30N2/c1-7-9-14-10-13(11(3)4)15(6)12(5)8-2/h11-14H,7-10H2,1-6H3. The maximum atomic E-state index is 3.53. The summed E-state index contributed by atoms with van der Waals surface area (Å²) in [5, 5.41) is 3.53. The third-order valence-electron chi connectivity index (χ3n) is 3.36. The van der Waals surface area contributed by atoms with E-state index in [1.807, 2.05) is 0 Å². The molecule has 0 aliphatic heterocycles. The van der Waals surface area contributed by atoms with Gasteiger partial charge in [0.15, 0.2) is 0 Å². The summed E-state index contributed by atoms with van der Waals surface area (Å²) in [6.45, 7) is 13.7. The van der Waals surface area contributed by atoms with Crippen LogP contribution in [0.5, 0.6) is 0 Å². The maximum Gasteiger partial charge on any atom is 0.0243 e. The number of hydrogen-bond donors (Lipinski definition) is 1. The molecule has 0 aromatic carbocycles. The van der Waals surface area contributed by atoms with Crippen molar-refractivity contribution in [2.45, 2.75) is 59.5 Å². The van der Waals surface area contributed by atoms with E-state index in [1.54, 1.807) is 0 Å². The van der Waals surface area contributed by atoms with Gasteiger partial charge >= 0.3 is 0 Å². The predicted molar refractivity (Wildman–Crippen MR) is 69.3 cm³/mol. The van der Waals surface area contributed by atoms with Gasteiger partial charge < -0.3 is 5.32 Å². The molecular formula is C13H30N2. The number of nitrogens with zero attached hydrogens (tertiary/aromatic N) is 1. The Bertz CT molecular complexity index is 145. The normalized spacial score (nSPS) is 16.0. The Morgan fingerprint density at radius 2 is 1.73 bits per heavy atom. The smallest absolute Gasteiger partial charge is 0.0243 e. The highest BCUT2D eigenvalue weighted by molar-refractivity contribution is 4.78. The van der Waals surface area contributed by atoms with Crippen molar-refractivity contribution in [3.8, 4) is 0 Å². The Morgan fingerprint density at radius 1 is 1.13 bits per heavy atom. The summed E-state index contributed by atoms with van der Waals surface area (Å²) in [6.07, 6.45) is 2.45. The number of nitrogens with one attached hydrogen (secondary N) is 1. The van der Waals surface area contributed by atoms with Gasteiger partial charge in [-0.3, -0.25) is 4.90 Å². The summed E-state index contributed by atoms with van der Waals surface area (Å²) >= 11 is 0. The van der Waals surface area contributed by atoms with Crippen LogP contribution in [0, 0.1) is 5.92 Å². The van der Waals surface area contributed by atoms with E-state index in [-0.39, 0.29) is 0 Å². The molecule has 0 radical (unpaired) electrons. The molecule has 1 N–H and O–H groups in total. The SMILES string of the molecule is CCCNCC(C(C)C)N(C)C(C)CC. The Labute approximate surface area is 96.4 Å². The Hall–Kier alpha value is -0.0800. The second kappa shape index (κ2) is 8.12. The van der Waals surface area contributed by atoms with Crippen LogP contribution in [0.2, 0.25) is 0 Å². The highest BCUT2D eigenvalue weighted by atomic mass is 15.2. The van der Waals surface area contributed by atoms with Crippen LogP contribution < -0.4 is 5.32 Å². The summed E-state index contributed by atoms with van der Waals surface area (Å²) in [7, 11) is 2.26. The van der Waals surface area contributed by atoms with Crippen LogP contribution in [0.3, 0.4) is 0 Å². The molecule has 0 spiro atoms. The van der Waals surface area contributed by atoms with E-state index in [2.05, 4.69) is 51.9 Å². The van der Waals surface area contributed by atoms with Crippen LogP contribution in [-0.2, 0) is 0 Å². The topological polar surface area (TPSA) is 15.3 Å². The van der Waals surface area contributed by atoms with Gasteiger partial charge in [0.25, 0.3) is 0 Å². The van der Waals surface area contributed by atoms with E-state index in [9.17, 15) is 0 Å². The summed E-state index contributed by atoms with van der Waals surface area (Å²) in [6, 6.07) is 1.34. The molecule has 2 unspecified atom stereocenters. The van der Waals surface area contributed by atoms with Crippen LogP contribution in [0.1, 0.15) is 47.5 Å². The molecule has 15 heavy (non-hydrogen) atoms. The molecule has 92 valence electrons. The predicted octanol–water partition coefficient (Wildman–Crippen LogP) is 2.74. The molecule has 0 heterocycles. The highest BCUT2D eigenvalue weighted by Crippen LogP contribution is 2.13. The lowest BCUT2D eigenvalue weighted by atomic mass is 10.0. The van der Waals surface area contributed by atoms with Gasteiger partial charge in [-0.25, -0.2) is 0 Å². The van der Waals surface area contributed by atoms with Gasteiger partial charge in [-0.2, -0.15) is 0 Å². The molecule has 2 heteroatoms. The lowest BCUT2D eigenvalue weighted by Crippen LogP contribution is -2.47. The van der Waals surface area contributed by atoms with E-state index in [0.29, 0.717) is 18.0 Å². The minimum Gasteiger partial charge on any atom is -0.315 e. The average molecular weight is 214 g/mol. The van der Waals surface area contributed by atoms with Crippen LogP contribution in [0.25, 0.3) is 0 Å². The van der Waals surface area contributed by atoms with E-state index in [4.69, 9.17) is 0 Å². The van der Waals surface area contributed by atoms with Gasteiger partial charge in [-0.05, 0) is 39.3 Å². The number of likely N-dealkylation sites (N-methyl/N-ethyl adjacent to an activating group) is 1. The Balaban J connectivity index is 4.12. The van der Waals surface area contributed by atoms with Crippen molar-refractivity contribution in [1.82, 2.24) is 10.2 Å². The van der Waals surface area contributed by atoms with Crippen LogP contribution in [0.15, 0.2) is 0 Å². The quantitative estimate of drug-likeness (QED) is 0.625. The van der Waals surface area contributed by atoms with Gasteiger partial charge in [0.2, 0.25) is 0 Å². The van der Waals surface area contributed by atoms with Gasteiger partial charge in [0, 0.05) is 18.6 Å². The molecule has 2 atom stereocenters. The van der Waals surface area contributed by atoms with E-state index >= 15 is 0 Å². The molecule has 0 aromatic heterocycles. The second-order valence-corrected chi connectivity index (χ2v) is 4.94.